The zero-order valence-corrected chi connectivity index (χ0v) is 19.6. The first kappa shape index (κ1) is 24.5. The molecule has 3 N–H and O–H groups in total. The van der Waals surface area contributed by atoms with Gasteiger partial charge in [-0.3, -0.25) is 4.79 Å². The second-order valence-corrected chi connectivity index (χ2v) is 9.00. The van der Waals surface area contributed by atoms with Crippen LogP contribution in [0.3, 0.4) is 0 Å². The molecule has 2 aliphatic rings. The summed E-state index contributed by atoms with van der Waals surface area (Å²) in [6.07, 6.45) is 11.2. The third-order valence-electron chi connectivity index (χ3n) is 6.43. The molecule has 32 heavy (non-hydrogen) atoms. The van der Waals surface area contributed by atoms with E-state index in [4.69, 9.17) is 9.72 Å². The van der Waals surface area contributed by atoms with Gasteiger partial charge in [-0.2, -0.15) is 0 Å². The fourth-order valence-electron chi connectivity index (χ4n) is 4.55. The van der Waals surface area contributed by atoms with Gasteiger partial charge in [0, 0.05) is 18.8 Å². The Morgan fingerprint density at radius 1 is 1.16 bits per heavy atom. The van der Waals surface area contributed by atoms with E-state index in [-0.39, 0.29) is 17.8 Å². The molecule has 2 atom stereocenters. The van der Waals surface area contributed by atoms with Crippen molar-refractivity contribution in [1.29, 1.82) is 0 Å². The highest BCUT2D eigenvalue weighted by Crippen LogP contribution is 2.20. The highest BCUT2D eigenvalue weighted by atomic mass is 16.5. The standard InChI is InChI=1S/C25H40N4O3/c1-2-32-25(31)22(29-24(30)20-11-8-16-26-18-20)13-7-5-3-4-6-12-21-15-14-19-10-9-17-27-23(19)28-21/h14-15,20,22,26H,2-13,16-18H2,1H3,(H,27,28)(H,29,30)/t20-,22-/m0/s1. The van der Waals surface area contributed by atoms with Gasteiger partial charge in [-0.05, 0) is 70.0 Å². The number of fused-ring (bicyclic) bond motifs is 1. The van der Waals surface area contributed by atoms with Gasteiger partial charge in [0.25, 0.3) is 0 Å². The van der Waals surface area contributed by atoms with Crippen molar-refractivity contribution in [3.05, 3.63) is 23.4 Å². The number of hydrogen-bond acceptors (Lipinski definition) is 6. The predicted molar refractivity (Wildman–Crippen MR) is 127 cm³/mol. The van der Waals surface area contributed by atoms with E-state index in [1.165, 1.54) is 17.7 Å². The molecule has 0 aromatic carbocycles. The Balaban J connectivity index is 1.33. The lowest BCUT2D eigenvalue weighted by molar-refractivity contribution is -0.148. The highest BCUT2D eigenvalue weighted by molar-refractivity contribution is 5.85. The molecule has 1 fully saturated rings. The lowest BCUT2D eigenvalue weighted by Gasteiger charge is -2.24. The van der Waals surface area contributed by atoms with Crippen molar-refractivity contribution in [2.45, 2.75) is 83.6 Å². The number of nitrogens with zero attached hydrogens (tertiary/aromatic N) is 1. The van der Waals surface area contributed by atoms with Gasteiger partial charge in [0.1, 0.15) is 11.9 Å². The Morgan fingerprint density at radius 3 is 2.81 bits per heavy atom. The molecule has 7 nitrogen and oxygen atoms in total. The summed E-state index contributed by atoms with van der Waals surface area (Å²) in [6.45, 7) is 4.81. The van der Waals surface area contributed by atoms with Gasteiger partial charge in [0.15, 0.2) is 0 Å². The van der Waals surface area contributed by atoms with Crippen molar-refractivity contribution in [2.24, 2.45) is 5.92 Å². The Bertz CT molecular complexity index is 734. The van der Waals surface area contributed by atoms with Gasteiger partial charge in [0.2, 0.25) is 5.91 Å². The van der Waals surface area contributed by atoms with E-state index in [1.807, 2.05) is 0 Å². The van der Waals surface area contributed by atoms with E-state index in [1.54, 1.807) is 6.92 Å². The number of hydrogen-bond donors (Lipinski definition) is 3. The molecule has 178 valence electrons. The van der Waals surface area contributed by atoms with Gasteiger partial charge >= 0.3 is 5.97 Å². The van der Waals surface area contributed by atoms with Crippen LogP contribution in [0, 0.1) is 5.92 Å². The number of nitrogens with one attached hydrogen (secondary N) is 3. The molecule has 0 saturated carbocycles. The van der Waals surface area contributed by atoms with Crippen molar-refractivity contribution in [2.75, 3.05) is 31.6 Å². The topological polar surface area (TPSA) is 92.3 Å². The first-order valence-corrected chi connectivity index (χ1v) is 12.6. The second kappa shape index (κ2) is 13.4. The van der Waals surface area contributed by atoms with Gasteiger partial charge in [-0.1, -0.05) is 31.7 Å². The number of rotatable bonds is 12. The number of carbonyl (C=O) groups excluding carboxylic acids is 2. The second-order valence-electron chi connectivity index (χ2n) is 9.00. The molecule has 1 aromatic rings. The van der Waals surface area contributed by atoms with Crippen molar-refractivity contribution < 1.29 is 14.3 Å². The Kier molecular flexibility index (Phi) is 10.3. The first-order chi connectivity index (χ1) is 15.7. The molecule has 1 saturated heterocycles. The Hall–Kier alpha value is -2.15. The minimum atomic E-state index is -0.531. The molecule has 0 radical (unpaired) electrons. The molecule has 0 unspecified atom stereocenters. The van der Waals surface area contributed by atoms with Gasteiger partial charge in [-0.15, -0.1) is 0 Å². The van der Waals surface area contributed by atoms with Crippen LogP contribution in [0.4, 0.5) is 5.82 Å². The summed E-state index contributed by atoms with van der Waals surface area (Å²) in [7, 11) is 0. The molecule has 0 bridgehead atoms. The Morgan fingerprint density at radius 2 is 2.00 bits per heavy atom. The number of esters is 1. The summed E-state index contributed by atoms with van der Waals surface area (Å²) in [5.74, 6) is 0.692. The average Bonchev–Trinajstić information content (AvgIpc) is 2.83. The summed E-state index contributed by atoms with van der Waals surface area (Å²) in [6, 6.07) is 3.86. The first-order valence-electron chi connectivity index (χ1n) is 12.6. The maximum atomic E-state index is 12.5. The predicted octanol–water partition coefficient (Wildman–Crippen LogP) is 3.37. The van der Waals surface area contributed by atoms with Crippen LogP contribution in [0.2, 0.25) is 0 Å². The maximum Gasteiger partial charge on any atom is 0.328 e. The van der Waals surface area contributed by atoms with Crippen LogP contribution in [0.15, 0.2) is 12.1 Å². The lowest BCUT2D eigenvalue weighted by atomic mass is 9.98. The summed E-state index contributed by atoms with van der Waals surface area (Å²) >= 11 is 0. The lowest BCUT2D eigenvalue weighted by Crippen LogP contribution is -2.47. The molecular weight excluding hydrogens is 404 g/mol. The zero-order chi connectivity index (χ0) is 22.6. The van der Waals surface area contributed by atoms with E-state index >= 15 is 0 Å². The number of amides is 1. The van der Waals surface area contributed by atoms with Gasteiger partial charge in [0.05, 0.1) is 12.5 Å². The van der Waals surface area contributed by atoms with Crippen LogP contribution in [-0.4, -0.2) is 49.1 Å². The molecule has 1 aromatic heterocycles. The number of pyridine rings is 1. The number of anilines is 1. The van der Waals surface area contributed by atoms with Crippen LogP contribution in [0.1, 0.15) is 76.0 Å². The van der Waals surface area contributed by atoms with Crippen molar-refractivity contribution in [3.63, 3.8) is 0 Å². The normalized spacial score (nSPS) is 18.8. The van der Waals surface area contributed by atoms with Crippen molar-refractivity contribution >= 4 is 17.7 Å². The molecule has 1 amide bonds. The average molecular weight is 445 g/mol. The van der Waals surface area contributed by atoms with E-state index in [0.717, 1.165) is 76.7 Å². The summed E-state index contributed by atoms with van der Waals surface area (Å²) in [5.41, 5.74) is 2.50. The number of aryl methyl sites for hydroxylation is 2. The fourth-order valence-corrected chi connectivity index (χ4v) is 4.55. The number of piperidine rings is 1. The summed E-state index contributed by atoms with van der Waals surface area (Å²) in [4.78, 5) is 29.6. The molecule has 2 aliphatic heterocycles. The number of unbranched alkanes of at least 4 members (excludes halogenated alkanes) is 4. The number of ether oxygens (including phenoxy) is 1. The van der Waals surface area contributed by atoms with Crippen molar-refractivity contribution in [1.82, 2.24) is 15.6 Å². The van der Waals surface area contributed by atoms with Gasteiger partial charge in [-0.25, -0.2) is 9.78 Å². The largest absolute Gasteiger partial charge is 0.464 e. The smallest absolute Gasteiger partial charge is 0.328 e. The quantitative estimate of drug-likeness (QED) is 0.338. The summed E-state index contributed by atoms with van der Waals surface area (Å²) in [5, 5.41) is 9.61. The highest BCUT2D eigenvalue weighted by Gasteiger charge is 2.27. The van der Waals surface area contributed by atoms with Crippen LogP contribution in [0.25, 0.3) is 0 Å². The van der Waals surface area contributed by atoms with Crippen molar-refractivity contribution in [3.8, 4) is 0 Å². The van der Waals surface area contributed by atoms with E-state index < -0.39 is 6.04 Å². The third kappa shape index (κ3) is 7.76. The van der Waals surface area contributed by atoms with Crippen LogP contribution >= 0.6 is 0 Å². The molecule has 7 heteroatoms. The number of aromatic nitrogens is 1. The SMILES string of the molecule is CCOC(=O)[C@H](CCCCCCCc1ccc2c(n1)NCCC2)NC(=O)[C@H]1CCCNC1. The monoisotopic (exact) mass is 444 g/mol. The van der Waals surface area contributed by atoms with E-state index in [9.17, 15) is 9.59 Å². The van der Waals surface area contributed by atoms with Crippen LogP contribution < -0.4 is 16.0 Å². The fraction of sp³-hybridized carbons (Fsp3) is 0.720. The number of carbonyl (C=O) groups is 2. The molecule has 3 heterocycles. The Labute approximate surface area is 192 Å². The minimum Gasteiger partial charge on any atom is -0.464 e. The molecule has 0 aliphatic carbocycles. The van der Waals surface area contributed by atoms with Gasteiger partial charge < -0.3 is 20.7 Å². The molecular formula is C25H40N4O3. The third-order valence-corrected chi connectivity index (χ3v) is 6.43. The molecule has 0 spiro atoms. The summed E-state index contributed by atoms with van der Waals surface area (Å²) < 4.78 is 5.19. The van der Waals surface area contributed by atoms with Crippen LogP contribution in [-0.2, 0) is 27.2 Å². The van der Waals surface area contributed by atoms with Crippen LogP contribution in [0.5, 0.6) is 0 Å². The maximum absolute atomic E-state index is 12.5. The zero-order valence-electron chi connectivity index (χ0n) is 19.6. The van der Waals surface area contributed by atoms with E-state index in [0.29, 0.717) is 19.6 Å². The minimum absolute atomic E-state index is 0.0257. The van der Waals surface area contributed by atoms with E-state index in [2.05, 4.69) is 28.1 Å². The molecule has 3 rings (SSSR count).